The topological polar surface area (TPSA) is 106 Å². The average molecular weight is 842 g/mol. The summed E-state index contributed by atoms with van der Waals surface area (Å²) in [5, 5.41) is 10.9. The highest BCUT2D eigenvalue weighted by atomic mass is 19.1. The fourth-order valence-electron chi connectivity index (χ4n) is 11.5. The fourth-order valence-corrected chi connectivity index (χ4v) is 11.5. The number of fused-ring (bicyclic) bond motifs is 4. The third-order valence-electron chi connectivity index (χ3n) is 14.2. The van der Waals surface area contributed by atoms with Crippen LogP contribution in [0.1, 0.15) is 104 Å². The third-order valence-corrected chi connectivity index (χ3v) is 14.2. The second-order valence-electron chi connectivity index (χ2n) is 18.3. The molecule has 10 rings (SSSR count). The molecule has 0 radical (unpaired) electrons. The van der Waals surface area contributed by atoms with Gasteiger partial charge < -0.3 is 10.8 Å². The first-order valence-electron chi connectivity index (χ1n) is 22.2. The summed E-state index contributed by atoms with van der Waals surface area (Å²) in [6.45, 7) is 0. The molecule has 320 valence electrons. The van der Waals surface area contributed by atoms with E-state index >= 15 is 0 Å². The maximum atomic E-state index is 13.8. The molecule has 4 aromatic carbocycles. The van der Waals surface area contributed by atoms with Gasteiger partial charge in [0, 0.05) is 59.2 Å². The number of carboxylic acids is 1. The monoisotopic (exact) mass is 841 g/mol. The molecule has 4 aliphatic carbocycles. The number of aromatic nitrogens is 2. The number of nitrogen functional groups attached to an aromatic ring is 1. The summed E-state index contributed by atoms with van der Waals surface area (Å²) in [6.07, 6.45) is 24.5. The highest BCUT2D eigenvalue weighted by molar-refractivity contribution is 5.84. The lowest BCUT2D eigenvalue weighted by Crippen LogP contribution is -2.10. The zero-order valence-electron chi connectivity index (χ0n) is 35.4. The Morgan fingerprint density at radius 1 is 0.603 bits per heavy atom. The molecule has 2 aromatic heterocycles. The van der Waals surface area contributed by atoms with E-state index < -0.39 is 5.97 Å². The van der Waals surface area contributed by atoms with Crippen LogP contribution in [0.4, 0.5) is 14.5 Å². The molecule has 0 amide bonds. The summed E-state index contributed by atoms with van der Waals surface area (Å²) < 4.78 is 27.5. The summed E-state index contributed by atoms with van der Waals surface area (Å²) in [4.78, 5) is 32.3. The molecule has 0 spiro atoms. The van der Waals surface area contributed by atoms with Crippen molar-refractivity contribution in [3.63, 3.8) is 0 Å². The second-order valence-corrected chi connectivity index (χ2v) is 18.3. The van der Waals surface area contributed by atoms with Crippen molar-refractivity contribution < 1.29 is 23.5 Å². The number of terminal acetylenes is 2. The summed E-state index contributed by atoms with van der Waals surface area (Å²) in [6, 6.07) is 28.7. The Morgan fingerprint density at radius 2 is 1.03 bits per heavy atom. The van der Waals surface area contributed by atoms with Gasteiger partial charge in [-0.25, -0.2) is 8.78 Å². The Labute approximate surface area is 368 Å². The van der Waals surface area contributed by atoms with Gasteiger partial charge in [0.1, 0.15) is 17.4 Å². The number of anilines is 1. The van der Waals surface area contributed by atoms with Gasteiger partial charge in [-0.15, -0.1) is 12.8 Å². The fraction of sp³-hybridized carbons (Fsp3) is 0.345. The number of hydrogen-bond acceptors (Lipinski definition) is 5. The molecule has 3 N–H and O–H groups in total. The highest BCUT2D eigenvalue weighted by Crippen LogP contribution is 2.55. The number of nitrogens with two attached hydrogens (primary N) is 1. The number of aliphatic carboxylic acids is 1. The van der Waals surface area contributed by atoms with Crippen molar-refractivity contribution in [1.29, 1.82) is 0 Å². The normalized spacial score (nSPS) is 24.3. The van der Waals surface area contributed by atoms with Crippen LogP contribution in [0, 0.1) is 71.8 Å². The molecular weight excluding hydrogens is 789 g/mol. The lowest BCUT2D eigenvalue weighted by molar-refractivity contribution is -0.138. The first kappa shape index (κ1) is 43.3. The molecule has 8 heteroatoms. The van der Waals surface area contributed by atoms with E-state index in [4.69, 9.17) is 23.7 Å². The van der Waals surface area contributed by atoms with Crippen LogP contribution in [0.5, 0.6) is 0 Å². The number of ketones is 1. The van der Waals surface area contributed by atoms with Crippen LogP contribution < -0.4 is 5.73 Å². The quantitative estimate of drug-likeness (QED) is 0.117. The Balaban J connectivity index is 0.000000149. The van der Waals surface area contributed by atoms with Crippen molar-refractivity contribution in [2.75, 3.05) is 5.73 Å². The van der Waals surface area contributed by atoms with Crippen LogP contribution >= 0.6 is 0 Å². The van der Waals surface area contributed by atoms with E-state index in [0.717, 1.165) is 95.6 Å². The van der Waals surface area contributed by atoms with Gasteiger partial charge >= 0.3 is 5.97 Å². The number of Topliss-reactive ketones (excluding diaryl/α,β-unsaturated/α-hetero) is 1. The number of nitrogens with zero attached hydrogens (tertiary/aromatic N) is 2. The number of carbonyl (C=O) groups excluding carboxylic acids is 1. The first-order chi connectivity index (χ1) is 30.5. The van der Waals surface area contributed by atoms with Gasteiger partial charge in [0.05, 0.1) is 11.0 Å². The van der Waals surface area contributed by atoms with Gasteiger partial charge in [0.15, 0.2) is 0 Å². The SMILES string of the molecule is C#Cc1ccc(CC(=O)CC2C[C@@H]3CC(c4ccnc5ccc(F)cc45)C[C@@H]3C2)cc1.C#Cc1ccc(N)cc1.O=C(O)CC1C[C@@H]2CC(c3ccnc4ccc(F)cc34)C[C@@H]2C1. The number of carboxylic acid groups (broad SMARTS) is 1. The van der Waals surface area contributed by atoms with E-state index in [1.807, 2.05) is 54.9 Å². The van der Waals surface area contributed by atoms with Crippen molar-refractivity contribution in [2.45, 2.75) is 82.5 Å². The van der Waals surface area contributed by atoms with E-state index in [2.05, 4.69) is 27.9 Å². The molecule has 63 heavy (non-hydrogen) atoms. The maximum Gasteiger partial charge on any atom is 0.303 e. The zero-order valence-corrected chi connectivity index (χ0v) is 35.4. The minimum absolute atomic E-state index is 0.201. The Hall–Kier alpha value is -6.38. The lowest BCUT2D eigenvalue weighted by Gasteiger charge is -2.16. The van der Waals surface area contributed by atoms with E-state index in [1.54, 1.807) is 36.4 Å². The Bertz CT molecular complexity index is 2660. The molecule has 4 saturated carbocycles. The molecule has 2 heterocycles. The first-order valence-corrected chi connectivity index (χ1v) is 22.2. The van der Waals surface area contributed by atoms with E-state index in [9.17, 15) is 18.4 Å². The van der Waals surface area contributed by atoms with Gasteiger partial charge in [0.25, 0.3) is 0 Å². The molecule has 6 aromatic rings. The summed E-state index contributed by atoms with van der Waals surface area (Å²) in [5.74, 6) is 8.70. The largest absolute Gasteiger partial charge is 0.481 e. The summed E-state index contributed by atoms with van der Waals surface area (Å²) >= 11 is 0. The molecule has 0 aliphatic heterocycles. The minimum Gasteiger partial charge on any atom is -0.481 e. The number of halogens is 2. The summed E-state index contributed by atoms with van der Waals surface area (Å²) in [7, 11) is 0. The third kappa shape index (κ3) is 10.5. The molecular formula is C55H53F2N3O3. The minimum atomic E-state index is -0.679. The molecule has 8 atom stereocenters. The van der Waals surface area contributed by atoms with Gasteiger partial charge in [-0.1, -0.05) is 24.0 Å². The molecule has 4 fully saturated rings. The van der Waals surface area contributed by atoms with Gasteiger partial charge in [-0.2, -0.15) is 0 Å². The molecule has 6 nitrogen and oxygen atoms in total. The molecule has 0 saturated heterocycles. The Kier molecular flexibility index (Phi) is 13.3. The standard InChI is InChI=1S/C28H26FNO.C19H20FNO2.C8H7N/c1-2-18-3-5-19(6-4-18)13-25(31)14-20-11-21-15-23(16-22(21)12-20)26-9-10-30-28-8-7-24(29)17-27(26)28;20-15-1-2-18-17(10-15)16(3-4-21-18)14-8-12-5-11(7-19(22)23)6-13(12)9-14;1-2-7-3-5-8(9)6-4-7/h1,3-10,17,20-23H,11-16H2;1-4,10-14H,5-9H2,(H,22,23);1,3-6H,9H2/t20?,21-,22+,23?;11?,12-,13+,14?;. The van der Waals surface area contributed by atoms with Gasteiger partial charge in [-0.05, 0) is 200 Å². The predicted octanol–water partition coefficient (Wildman–Crippen LogP) is 11.7. The van der Waals surface area contributed by atoms with Crippen molar-refractivity contribution in [3.8, 4) is 24.7 Å². The van der Waals surface area contributed by atoms with Gasteiger partial charge in [0.2, 0.25) is 0 Å². The predicted molar refractivity (Wildman–Crippen MR) is 246 cm³/mol. The van der Waals surface area contributed by atoms with Crippen LogP contribution in [0.25, 0.3) is 21.8 Å². The maximum absolute atomic E-state index is 13.8. The van der Waals surface area contributed by atoms with Crippen molar-refractivity contribution in [3.05, 3.63) is 149 Å². The number of carbonyl (C=O) groups is 2. The van der Waals surface area contributed by atoms with Crippen molar-refractivity contribution in [2.24, 2.45) is 35.5 Å². The smallest absolute Gasteiger partial charge is 0.303 e. The van der Waals surface area contributed by atoms with E-state index in [0.29, 0.717) is 72.4 Å². The number of benzene rings is 4. The van der Waals surface area contributed by atoms with Crippen molar-refractivity contribution in [1.82, 2.24) is 9.97 Å². The van der Waals surface area contributed by atoms with Crippen LogP contribution in [0.3, 0.4) is 0 Å². The average Bonchev–Trinajstić information content (AvgIpc) is 4.05. The van der Waals surface area contributed by atoms with Crippen LogP contribution in [-0.4, -0.2) is 26.8 Å². The van der Waals surface area contributed by atoms with Crippen LogP contribution in [0.15, 0.2) is 109 Å². The zero-order chi connectivity index (χ0) is 44.0. The van der Waals surface area contributed by atoms with Crippen LogP contribution in [-0.2, 0) is 16.0 Å². The second kappa shape index (κ2) is 19.3. The summed E-state index contributed by atoms with van der Waals surface area (Å²) in [5.41, 5.74) is 13.1. The highest BCUT2D eigenvalue weighted by Gasteiger charge is 2.44. The lowest BCUT2D eigenvalue weighted by atomic mass is 9.88. The molecule has 4 aliphatic rings. The van der Waals surface area contributed by atoms with Crippen molar-refractivity contribution >= 4 is 39.2 Å². The Morgan fingerprint density at radius 3 is 1.46 bits per heavy atom. The van der Waals surface area contributed by atoms with E-state index in [-0.39, 0.29) is 11.6 Å². The molecule has 0 bridgehead atoms. The number of pyridine rings is 2. The van der Waals surface area contributed by atoms with Crippen LogP contribution in [0.2, 0.25) is 0 Å². The molecule has 4 unspecified atom stereocenters. The number of hydrogen-bond donors (Lipinski definition) is 2. The van der Waals surface area contributed by atoms with Gasteiger partial charge in [-0.3, -0.25) is 19.6 Å². The van der Waals surface area contributed by atoms with E-state index in [1.165, 1.54) is 23.3 Å². The number of rotatable bonds is 8.